The topological polar surface area (TPSA) is 38.8 Å². The molecule has 24 heavy (non-hydrogen) atoms. The molecule has 0 aliphatic carbocycles. The van der Waals surface area contributed by atoms with Gasteiger partial charge in [-0.1, -0.05) is 46.3 Å². The van der Waals surface area contributed by atoms with Gasteiger partial charge in [-0.05, 0) is 34.1 Å². The summed E-state index contributed by atoms with van der Waals surface area (Å²) >= 11 is 6.92. The van der Waals surface area contributed by atoms with Gasteiger partial charge in [0.1, 0.15) is 5.75 Å². The average molecular weight is 455 g/mol. The van der Waals surface area contributed by atoms with Crippen molar-refractivity contribution in [1.29, 1.82) is 0 Å². The number of hydrogen-bond acceptors (Lipinski definition) is 3. The summed E-state index contributed by atoms with van der Waals surface area (Å²) in [4.78, 5) is 14.8. The van der Waals surface area contributed by atoms with Crippen molar-refractivity contribution in [1.82, 2.24) is 4.90 Å². The fourth-order valence-corrected chi connectivity index (χ4v) is 3.68. The monoisotopic (exact) mass is 453 g/mol. The van der Waals surface area contributed by atoms with Crippen LogP contribution in [0, 0.1) is 0 Å². The van der Waals surface area contributed by atoms with Crippen LogP contribution >= 0.6 is 31.9 Å². The minimum Gasteiger partial charge on any atom is -0.475 e. The molecule has 0 N–H and O–H groups in total. The van der Waals surface area contributed by atoms with Gasteiger partial charge in [-0.25, -0.2) is 0 Å². The van der Waals surface area contributed by atoms with Gasteiger partial charge >= 0.3 is 0 Å². The lowest BCUT2D eigenvalue weighted by molar-refractivity contribution is -0.143. The molecule has 1 atom stereocenters. The molecule has 4 nitrogen and oxygen atoms in total. The van der Waals surface area contributed by atoms with Gasteiger partial charge in [0.2, 0.25) is 6.10 Å². The van der Waals surface area contributed by atoms with Crippen molar-refractivity contribution >= 4 is 37.8 Å². The molecule has 0 radical (unpaired) electrons. The first-order valence-electron chi connectivity index (χ1n) is 7.68. The van der Waals surface area contributed by atoms with Crippen molar-refractivity contribution in [3.8, 4) is 5.75 Å². The average Bonchev–Trinajstić information content (AvgIpc) is 2.62. The Kier molecular flexibility index (Phi) is 5.92. The summed E-state index contributed by atoms with van der Waals surface area (Å²) in [6.07, 6.45) is -0.679. The van der Waals surface area contributed by atoms with Crippen molar-refractivity contribution in [3.05, 3.63) is 63.0 Å². The molecule has 1 aliphatic heterocycles. The summed E-state index contributed by atoms with van der Waals surface area (Å²) in [6, 6.07) is 15.2. The number of carbonyl (C=O) groups is 1. The molecular weight excluding hydrogens is 438 g/mol. The van der Waals surface area contributed by atoms with Crippen molar-refractivity contribution in [2.45, 2.75) is 6.10 Å². The van der Waals surface area contributed by atoms with Gasteiger partial charge < -0.3 is 14.4 Å². The fraction of sp³-hybridized carbons (Fsp3) is 0.278. The molecule has 0 aromatic heterocycles. The smallest absolute Gasteiger partial charge is 0.268 e. The van der Waals surface area contributed by atoms with Gasteiger partial charge in [0.25, 0.3) is 5.91 Å². The Morgan fingerprint density at radius 3 is 2.46 bits per heavy atom. The van der Waals surface area contributed by atoms with Crippen LogP contribution in [0.25, 0.3) is 0 Å². The number of hydrogen-bond donors (Lipinski definition) is 0. The highest BCUT2D eigenvalue weighted by Gasteiger charge is 2.29. The predicted molar refractivity (Wildman–Crippen MR) is 99.1 cm³/mol. The van der Waals surface area contributed by atoms with Gasteiger partial charge in [-0.2, -0.15) is 0 Å². The van der Waals surface area contributed by atoms with Gasteiger partial charge in [0.15, 0.2) is 0 Å². The molecule has 2 aromatic carbocycles. The van der Waals surface area contributed by atoms with Gasteiger partial charge in [-0.15, -0.1) is 0 Å². The number of morpholine rings is 1. The van der Waals surface area contributed by atoms with Crippen LogP contribution in [0.2, 0.25) is 0 Å². The van der Waals surface area contributed by atoms with Crippen LogP contribution in [0.3, 0.4) is 0 Å². The Morgan fingerprint density at radius 2 is 1.79 bits per heavy atom. The van der Waals surface area contributed by atoms with Crippen LogP contribution in [0.1, 0.15) is 11.7 Å². The zero-order chi connectivity index (χ0) is 16.9. The van der Waals surface area contributed by atoms with Crippen LogP contribution in [-0.2, 0) is 9.53 Å². The SMILES string of the molecule is O=C([C@@H](Oc1ccc(Br)cc1Br)c1ccccc1)N1CCOCC1. The first-order valence-corrected chi connectivity index (χ1v) is 9.27. The highest BCUT2D eigenvalue weighted by molar-refractivity contribution is 9.11. The predicted octanol–water partition coefficient (Wildman–Crippen LogP) is 4.19. The van der Waals surface area contributed by atoms with Gasteiger partial charge in [0.05, 0.1) is 17.7 Å². The third-order valence-corrected chi connectivity index (χ3v) is 4.90. The second-order valence-electron chi connectivity index (χ2n) is 5.42. The molecule has 0 spiro atoms. The molecule has 0 saturated carbocycles. The second-order valence-corrected chi connectivity index (χ2v) is 7.19. The Labute approximate surface area is 158 Å². The van der Waals surface area contributed by atoms with E-state index in [0.29, 0.717) is 32.1 Å². The number of nitrogens with zero attached hydrogens (tertiary/aromatic N) is 1. The quantitative estimate of drug-likeness (QED) is 0.695. The van der Waals surface area contributed by atoms with E-state index in [1.807, 2.05) is 48.5 Å². The molecule has 6 heteroatoms. The molecule has 1 aliphatic rings. The van der Waals surface area contributed by atoms with E-state index in [1.165, 1.54) is 0 Å². The second kappa shape index (κ2) is 8.14. The summed E-state index contributed by atoms with van der Waals surface area (Å²) in [7, 11) is 0. The molecule has 126 valence electrons. The molecule has 1 heterocycles. The van der Waals surface area contributed by atoms with E-state index in [9.17, 15) is 4.79 Å². The van der Waals surface area contributed by atoms with Crippen LogP contribution in [0.5, 0.6) is 5.75 Å². The van der Waals surface area contributed by atoms with E-state index >= 15 is 0 Å². The van der Waals surface area contributed by atoms with E-state index in [-0.39, 0.29) is 5.91 Å². The third kappa shape index (κ3) is 4.18. The fourth-order valence-electron chi connectivity index (χ4n) is 2.54. The number of amides is 1. The summed E-state index contributed by atoms with van der Waals surface area (Å²) in [5.41, 5.74) is 0.837. The Hall–Kier alpha value is -1.37. The van der Waals surface area contributed by atoms with Crippen molar-refractivity contribution < 1.29 is 14.3 Å². The van der Waals surface area contributed by atoms with Gasteiger partial charge in [0, 0.05) is 23.1 Å². The maximum Gasteiger partial charge on any atom is 0.268 e. The van der Waals surface area contributed by atoms with Crippen molar-refractivity contribution in [2.75, 3.05) is 26.3 Å². The lowest BCUT2D eigenvalue weighted by atomic mass is 10.1. The summed E-state index contributed by atoms with van der Waals surface area (Å²) in [5, 5.41) is 0. The largest absolute Gasteiger partial charge is 0.475 e. The Morgan fingerprint density at radius 1 is 1.08 bits per heavy atom. The minimum atomic E-state index is -0.679. The van der Waals surface area contributed by atoms with E-state index in [2.05, 4.69) is 31.9 Å². The van der Waals surface area contributed by atoms with E-state index in [0.717, 1.165) is 14.5 Å². The van der Waals surface area contributed by atoms with Gasteiger partial charge in [-0.3, -0.25) is 4.79 Å². The zero-order valence-electron chi connectivity index (χ0n) is 13.0. The standard InChI is InChI=1S/C18H17Br2NO3/c19-14-6-7-16(15(20)12-14)24-17(13-4-2-1-3-5-13)18(22)21-8-10-23-11-9-21/h1-7,12,17H,8-11H2/t17-/m0/s1. The maximum absolute atomic E-state index is 13.0. The highest BCUT2D eigenvalue weighted by atomic mass is 79.9. The molecular formula is C18H17Br2NO3. The van der Waals surface area contributed by atoms with Crippen LogP contribution in [0.4, 0.5) is 0 Å². The number of rotatable bonds is 4. The third-order valence-electron chi connectivity index (χ3n) is 3.79. The van der Waals surface area contributed by atoms with E-state index in [4.69, 9.17) is 9.47 Å². The van der Waals surface area contributed by atoms with Crippen LogP contribution in [-0.4, -0.2) is 37.1 Å². The summed E-state index contributed by atoms with van der Waals surface area (Å²) < 4.78 is 13.2. The number of ether oxygens (including phenoxy) is 2. The molecule has 1 saturated heterocycles. The molecule has 1 fully saturated rings. The summed E-state index contributed by atoms with van der Waals surface area (Å²) in [5.74, 6) is 0.591. The molecule has 0 unspecified atom stereocenters. The number of benzene rings is 2. The lowest BCUT2D eigenvalue weighted by Gasteiger charge is -2.30. The Bertz CT molecular complexity index is 703. The molecule has 0 bridgehead atoms. The van der Waals surface area contributed by atoms with E-state index in [1.54, 1.807) is 4.90 Å². The van der Waals surface area contributed by atoms with Crippen molar-refractivity contribution in [3.63, 3.8) is 0 Å². The molecule has 1 amide bonds. The first-order chi connectivity index (χ1) is 11.6. The maximum atomic E-state index is 13.0. The number of carbonyl (C=O) groups excluding carboxylic acids is 1. The van der Waals surface area contributed by atoms with Crippen LogP contribution in [0.15, 0.2) is 57.5 Å². The minimum absolute atomic E-state index is 0.0423. The highest BCUT2D eigenvalue weighted by Crippen LogP contribution is 2.32. The normalized spacial score (nSPS) is 15.8. The van der Waals surface area contributed by atoms with E-state index < -0.39 is 6.10 Å². The molecule has 2 aromatic rings. The zero-order valence-corrected chi connectivity index (χ0v) is 16.1. The summed E-state index contributed by atoms with van der Waals surface area (Å²) in [6.45, 7) is 2.31. The first kappa shape index (κ1) is 17.5. The van der Waals surface area contributed by atoms with Crippen LogP contribution < -0.4 is 4.74 Å². The number of halogens is 2. The molecule has 3 rings (SSSR count). The van der Waals surface area contributed by atoms with Crippen molar-refractivity contribution in [2.24, 2.45) is 0 Å². The lowest BCUT2D eigenvalue weighted by Crippen LogP contribution is -2.44. The Balaban J connectivity index is 1.88.